The summed E-state index contributed by atoms with van der Waals surface area (Å²) >= 11 is 3.36. The van der Waals surface area contributed by atoms with Crippen LogP contribution in [0, 0.1) is 0 Å². The quantitative estimate of drug-likeness (QED) is 0.596. The van der Waals surface area contributed by atoms with E-state index in [1.54, 1.807) is 12.1 Å². The summed E-state index contributed by atoms with van der Waals surface area (Å²) in [6, 6.07) is 5.59. The number of benzene rings is 1. The lowest BCUT2D eigenvalue weighted by molar-refractivity contribution is -0.137. The SMILES string of the molecule is COc1cc(/C=N/Nc2ccc(C(F)(F)F)cn2)cc(Br)c1OC. The molecule has 0 amide bonds. The number of hydrazone groups is 1. The molecule has 0 radical (unpaired) electrons. The number of nitrogens with zero attached hydrogens (tertiary/aromatic N) is 2. The molecule has 2 rings (SSSR count). The van der Waals surface area contributed by atoms with Crippen LogP contribution in [0.15, 0.2) is 40.0 Å². The van der Waals surface area contributed by atoms with Gasteiger partial charge in [-0.25, -0.2) is 4.98 Å². The molecule has 1 heterocycles. The van der Waals surface area contributed by atoms with Crippen LogP contribution in [0.1, 0.15) is 11.1 Å². The first-order valence-corrected chi connectivity index (χ1v) is 7.38. The first kappa shape index (κ1) is 18.1. The van der Waals surface area contributed by atoms with E-state index >= 15 is 0 Å². The van der Waals surface area contributed by atoms with Crippen LogP contribution in [0.25, 0.3) is 0 Å². The Kier molecular flexibility index (Phi) is 5.66. The number of nitrogens with one attached hydrogen (secondary N) is 1. The number of rotatable bonds is 5. The molecule has 128 valence electrons. The predicted molar refractivity (Wildman–Crippen MR) is 87.7 cm³/mol. The number of hydrogen-bond donors (Lipinski definition) is 1. The van der Waals surface area contributed by atoms with Crippen molar-refractivity contribution in [3.05, 3.63) is 46.1 Å². The average molecular weight is 404 g/mol. The molecular formula is C15H13BrF3N3O2. The summed E-state index contributed by atoms with van der Waals surface area (Å²) < 4.78 is 48.4. The lowest BCUT2D eigenvalue weighted by Crippen LogP contribution is -2.05. The van der Waals surface area contributed by atoms with Crippen LogP contribution in [0.2, 0.25) is 0 Å². The van der Waals surface area contributed by atoms with Crippen LogP contribution in [0.3, 0.4) is 0 Å². The number of aromatic nitrogens is 1. The Labute approximate surface area is 144 Å². The first-order valence-electron chi connectivity index (χ1n) is 6.59. The zero-order chi connectivity index (χ0) is 17.7. The topological polar surface area (TPSA) is 55.7 Å². The molecule has 0 bridgehead atoms. The Balaban J connectivity index is 2.10. The molecule has 5 nitrogen and oxygen atoms in total. The van der Waals surface area contributed by atoms with Crippen molar-refractivity contribution in [1.82, 2.24) is 4.98 Å². The second-order valence-electron chi connectivity index (χ2n) is 4.54. The summed E-state index contributed by atoms with van der Waals surface area (Å²) in [5, 5.41) is 3.94. The van der Waals surface area contributed by atoms with Gasteiger partial charge in [-0.2, -0.15) is 18.3 Å². The number of halogens is 4. The van der Waals surface area contributed by atoms with Crippen molar-refractivity contribution in [2.24, 2.45) is 5.10 Å². The molecule has 1 aromatic carbocycles. The molecule has 9 heteroatoms. The van der Waals surface area contributed by atoms with Gasteiger partial charge in [0.2, 0.25) is 0 Å². The van der Waals surface area contributed by atoms with Crippen LogP contribution in [0.5, 0.6) is 11.5 Å². The molecule has 0 saturated carbocycles. The number of pyridine rings is 1. The Morgan fingerprint density at radius 2 is 1.96 bits per heavy atom. The molecule has 0 spiro atoms. The molecule has 1 aromatic heterocycles. The third-order valence-corrected chi connectivity index (χ3v) is 3.53. The highest BCUT2D eigenvalue weighted by atomic mass is 79.9. The lowest BCUT2D eigenvalue weighted by Gasteiger charge is -2.10. The van der Waals surface area contributed by atoms with Gasteiger partial charge in [0.25, 0.3) is 0 Å². The van der Waals surface area contributed by atoms with E-state index in [9.17, 15) is 13.2 Å². The van der Waals surface area contributed by atoms with E-state index < -0.39 is 11.7 Å². The fourth-order valence-electron chi connectivity index (χ4n) is 1.81. The van der Waals surface area contributed by atoms with E-state index in [0.29, 0.717) is 21.5 Å². The lowest BCUT2D eigenvalue weighted by atomic mass is 10.2. The monoisotopic (exact) mass is 403 g/mol. The van der Waals surface area contributed by atoms with Gasteiger partial charge in [0.05, 0.1) is 30.5 Å². The van der Waals surface area contributed by atoms with E-state index in [2.05, 4.69) is 31.4 Å². The third-order valence-electron chi connectivity index (χ3n) is 2.94. The molecule has 1 N–H and O–H groups in total. The van der Waals surface area contributed by atoms with Gasteiger partial charge in [0.15, 0.2) is 11.5 Å². The van der Waals surface area contributed by atoms with Crippen molar-refractivity contribution >= 4 is 28.0 Å². The third kappa shape index (κ3) is 4.38. The summed E-state index contributed by atoms with van der Waals surface area (Å²) in [6.45, 7) is 0. The Hall–Kier alpha value is -2.29. The van der Waals surface area contributed by atoms with Crippen molar-refractivity contribution in [2.75, 3.05) is 19.6 Å². The number of ether oxygens (including phenoxy) is 2. The Bertz CT molecular complexity index is 734. The van der Waals surface area contributed by atoms with E-state index in [-0.39, 0.29) is 5.82 Å². The highest BCUT2D eigenvalue weighted by Gasteiger charge is 2.30. The standard InChI is InChI=1S/C15H13BrF3N3O2/c1-23-12-6-9(5-11(16)14(12)24-2)7-21-22-13-4-3-10(8-20-13)15(17,18)19/h3-8H,1-2H3,(H,20,22)/b21-7+. The highest BCUT2D eigenvalue weighted by molar-refractivity contribution is 9.10. The van der Waals surface area contributed by atoms with E-state index in [1.807, 2.05) is 0 Å². The molecule has 0 saturated heterocycles. The summed E-state index contributed by atoms with van der Waals surface area (Å²) in [4.78, 5) is 3.66. The average Bonchev–Trinajstić information content (AvgIpc) is 2.54. The van der Waals surface area contributed by atoms with Gasteiger partial charge in [-0.05, 0) is 45.8 Å². The Morgan fingerprint density at radius 3 is 2.50 bits per heavy atom. The molecule has 2 aromatic rings. The fraction of sp³-hybridized carbons (Fsp3) is 0.200. The van der Waals surface area contributed by atoms with Crippen LogP contribution in [-0.2, 0) is 6.18 Å². The van der Waals surface area contributed by atoms with Gasteiger partial charge >= 0.3 is 6.18 Å². The maximum atomic E-state index is 12.4. The summed E-state index contributed by atoms with van der Waals surface area (Å²) in [5.41, 5.74) is 2.44. The van der Waals surface area contributed by atoms with Crippen LogP contribution < -0.4 is 14.9 Å². The molecule has 0 aliphatic carbocycles. The van der Waals surface area contributed by atoms with E-state index in [4.69, 9.17) is 9.47 Å². The number of hydrogen-bond acceptors (Lipinski definition) is 5. The maximum absolute atomic E-state index is 12.4. The highest BCUT2D eigenvalue weighted by Crippen LogP contribution is 2.35. The second kappa shape index (κ2) is 7.52. The summed E-state index contributed by atoms with van der Waals surface area (Å²) in [7, 11) is 3.03. The largest absolute Gasteiger partial charge is 0.493 e. The van der Waals surface area contributed by atoms with Crippen LogP contribution in [-0.4, -0.2) is 25.4 Å². The molecule has 0 atom stereocenters. The van der Waals surface area contributed by atoms with Gasteiger partial charge in [0.1, 0.15) is 5.82 Å². The van der Waals surface area contributed by atoms with Crippen molar-refractivity contribution in [2.45, 2.75) is 6.18 Å². The van der Waals surface area contributed by atoms with Gasteiger partial charge in [0, 0.05) is 6.20 Å². The molecular weight excluding hydrogens is 391 g/mol. The minimum atomic E-state index is -4.42. The van der Waals surface area contributed by atoms with Crippen molar-refractivity contribution in [3.63, 3.8) is 0 Å². The molecule has 0 aliphatic rings. The smallest absolute Gasteiger partial charge is 0.417 e. The van der Waals surface area contributed by atoms with Gasteiger partial charge in [-0.15, -0.1) is 0 Å². The van der Waals surface area contributed by atoms with Crippen molar-refractivity contribution in [3.8, 4) is 11.5 Å². The van der Waals surface area contributed by atoms with Gasteiger partial charge in [-0.3, -0.25) is 5.43 Å². The number of alkyl halides is 3. The number of anilines is 1. The molecule has 24 heavy (non-hydrogen) atoms. The molecule has 0 aliphatic heterocycles. The zero-order valence-electron chi connectivity index (χ0n) is 12.7. The number of methoxy groups -OCH3 is 2. The molecule has 0 fully saturated rings. The van der Waals surface area contributed by atoms with E-state index in [1.165, 1.54) is 26.5 Å². The Morgan fingerprint density at radius 1 is 1.21 bits per heavy atom. The normalized spacial score (nSPS) is 11.6. The van der Waals surface area contributed by atoms with Crippen LogP contribution >= 0.6 is 15.9 Å². The van der Waals surface area contributed by atoms with Crippen LogP contribution in [0.4, 0.5) is 19.0 Å². The zero-order valence-corrected chi connectivity index (χ0v) is 14.3. The predicted octanol–water partition coefficient (Wildman–Crippen LogP) is 4.33. The summed E-state index contributed by atoms with van der Waals surface area (Å²) in [6.07, 6.45) is -2.20. The summed E-state index contributed by atoms with van der Waals surface area (Å²) in [5.74, 6) is 1.26. The fourth-order valence-corrected chi connectivity index (χ4v) is 2.43. The maximum Gasteiger partial charge on any atom is 0.417 e. The van der Waals surface area contributed by atoms with Crippen molar-refractivity contribution in [1.29, 1.82) is 0 Å². The molecule has 0 unspecified atom stereocenters. The van der Waals surface area contributed by atoms with Gasteiger partial charge < -0.3 is 9.47 Å². The van der Waals surface area contributed by atoms with Gasteiger partial charge in [-0.1, -0.05) is 0 Å². The second-order valence-corrected chi connectivity index (χ2v) is 5.39. The minimum absolute atomic E-state index is 0.193. The van der Waals surface area contributed by atoms with E-state index in [0.717, 1.165) is 12.3 Å². The first-order chi connectivity index (χ1) is 11.3. The minimum Gasteiger partial charge on any atom is -0.493 e. The van der Waals surface area contributed by atoms with Crippen molar-refractivity contribution < 1.29 is 22.6 Å².